The molecular formula is C29H24ClFN7O2+. The first-order valence-corrected chi connectivity index (χ1v) is 13.3. The number of aromatic nitrogens is 5. The van der Waals surface area contributed by atoms with Crippen molar-refractivity contribution in [2.75, 3.05) is 24.6 Å². The van der Waals surface area contributed by atoms with Crippen LogP contribution in [-0.2, 0) is 6.54 Å². The number of imidazole rings is 1. The highest BCUT2D eigenvalue weighted by Gasteiger charge is 2.42. The molecule has 0 saturated heterocycles. The quantitative estimate of drug-likeness (QED) is 0.318. The third-order valence-electron chi connectivity index (χ3n) is 7.38. The van der Waals surface area contributed by atoms with Gasteiger partial charge in [0, 0.05) is 34.6 Å². The highest BCUT2D eigenvalue weighted by Crippen LogP contribution is 2.37. The molecule has 3 aromatic heterocycles. The van der Waals surface area contributed by atoms with E-state index in [0.717, 1.165) is 22.3 Å². The van der Waals surface area contributed by atoms with Crippen molar-refractivity contribution in [3.63, 3.8) is 0 Å². The fourth-order valence-corrected chi connectivity index (χ4v) is 5.69. The maximum atomic E-state index is 16.4. The lowest BCUT2D eigenvalue weighted by molar-refractivity contribution is 0.252. The number of anilines is 1. The van der Waals surface area contributed by atoms with Crippen LogP contribution in [0.2, 0.25) is 5.02 Å². The first kappa shape index (κ1) is 24.7. The predicted octanol–water partition coefficient (Wildman–Crippen LogP) is 3.76. The third-order valence-corrected chi connectivity index (χ3v) is 7.70. The number of pyridine rings is 1. The standard InChI is InChI=1S/C29H24ClFN7O2/c1-16-32-8-9-37(16)10-11-40-29-35-27-20(28(36-29)38-14-18-12-23(39)22(15-38)34-18)13-33-26(25(27)31)19-6-2-4-17-5-3-7-21(30)24(17)19/h2-9,13,23,39H,10-12,14-15H2,1H3/q+1/t23-/m1/s1. The van der Waals surface area contributed by atoms with E-state index in [-0.39, 0.29) is 23.8 Å². The number of fused-ring (bicyclic) bond motifs is 2. The fourth-order valence-electron chi connectivity index (χ4n) is 5.41. The Bertz CT molecular complexity index is 1880. The van der Waals surface area contributed by atoms with Gasteiger partial charge in [0.25, 0.3) is 0 Å². The Hall–Kier alpha value is -4.37. The normalized spacial score (nSPS) is 16.5. The Balaban J connectivity index is 1.34. The van der Waals surface area contributed by atoms with Crippen molar-refractivity contribution in [3.8, 4) is 17.3 Å². The molecule has 11 heteroatoms. The van der Waals surface area contributed by atoms with Gasteiger partial charge < -0.3 is 19.3 Å². The molecule has 0 aliphatic carbocycles. The van der Waals surface area contributed by atoms with E-state index in [1.54, 1.807) is 24.5 Å². The molecule has 0 spiro atoms. The number of halogens is 2. The van der Waals surface area contributed by atoms with Gasteiger partial charge in [0.2, 0.25) is 0 Å². The second-order valence-corrected chi connectivity index (χ2v) is 10.3. The van der Waals surface area contributed by atoms with Crippen LogP contribution in [0, 0.1) is 12.7 Å². The molecule has 0 radical (unpaired) electrons. The van der Waals surface area contributed by atoms with Gasteiger partial charge in [-0.1, -0.05) is 46.6 Å². The summed E-state index contributed by atoms with van der Waals surface area (Å²) in [5.41, 5.74) is 2.34. The van der Waals surface area contributed by atoms with Crippen LogP contribution in [0.1, 0.15) is 12.2 Å². The number of aryl methyl sites for hydroxylation is 1. The molecule has 5 heterocycles. The molecule has 9 nitrogen and oxygen atoms in total. The highest BCUT2D eigenvalue weighted by atomic mass is 35.5. The third kappa shape index (κ3) is 4.17. The van der Waals surface area contributed by atoms with Crippen molar-refractivity contribution in [2.45, 2.75) is 26.0 Å². The van der Waals surface area contributed by atoms with Crippen molar-refractivity contribution >= 4 is 50.5 Å². The summed E-state index contributed by atoms with van der Waals surface area (Å²) in [6.07, 6.45) is 5.06. The van der Waals surface area contributed by atoms with E-state index in [2.05, 4.69) is 24.6 Å². The van der Waals surface area contributed by atoms with E-state index in [4.69, 9.17) is 16.3 Å². The lowest BCUT2D eigenvalue weighted by Crippen LogP contribution is -2.39. The molecule has 2 aromatic carbocycles. The minimum atomic E-state index is -0.611. The van der Waals surface area contributed by atoms with E-state index in [0.29, 0.717) is 53.6 Å². The van der Waals surface area contributed by atoms with E-state index < -0.39 is 11.9 Å². The van der Waals surface area contributed by atoms with E-state index in [1.807, 2.05) is 46.9 Å². The van der Waals surface area contributed by atoms with Crippen molar-refractivity contribution in [3.05, 3.63) is 71.7 Å². The zero-order chi connectivity index (χ0) is 27.4. The average Bonchev–Trinajstić information content (AvgIpc) is 3.48. The van der Waals surface area contributed by atoms with Crippen LogP contribution in [0.25, 0.3) is 32.9 Å². The van der Waals surface area contributed by atoms with Crippen LogP contribution in [0.3, 0.4) is 0 Å². The van der Waals surface area contributed by atoms with Gasteiger partial charge in [-0.25, -0.2) is 9.37 Å². The number of ether oxygens (including phenoxy) is 1. The molecule has 200 valence electrons. The second-order valence-electron chi connectivity index (χ2n) is 9.92. The van der Waals surface area contributed by atoms with Gasteiger partial charge >= 0.3 is 17.4 Å². The van der Waals surface area contributed by atoms with Crippen LogP contribution >= 0.6 is 11.6 Å². The van der Waals surface area contributed by atoms with Gasteiger partial charge in [-0.15, -0.1) is 0 Å². The van der Waals surface area contributed by atoms with Crippen LogP contribution in [0.5, 0.6) is 6.01 Å². The highest BCUT2D eigenvalue weighted by molar-refractivity contribution is 6.36. The first-order valence-electron chi connectivity index (χ1n) is 13.0. The molecule has 5 aromatic rings. The number of hydrogen-bond donors (Lipinski definition) is 1. The minimum absolute atomic E-state index is 0.0534. The fraction of sp³-hybridized carbons (Fsp3) is 0.241. The largest absolute Gasteiger partial charge is 0.461 e. The van der Waals surface area contributed by atoms with Crippen LogP contribution < -0.4 is 14.3 Å². The van der Waals surface area contributed by atoms with Crippen molar-refractivity contribution in [1.29, 1.82) is 0 Å². The summed E-state index contributed by atoms with van der Waals surface area (Å²) in [5, 5.41) is 12.9. The zero-order valence-electron chi connectivity index (χ0n) is 21.6. The maximum absolute atomic E-state index is 16.4. The number of benzene rings is 2. The van der Waals surface area contributed by atoms with Gasteiger partial charge in [0.05, 0.1) is 18.4 Å². The summed E-state index contributed by atoms with van der Waals surface area (Å²) in [4.78, 5) is 19.9. The van der Waals surface area contributed by atoms with Gasteiger partial charge in [0.1, 0.15) is 42.5 Å². The monoisotopic (exact) mass is 556 g/mol. The Kier molecular flexibility index (Phi) is 5.96. The maximum Gasteiger partial charge on any atom is 0.328 e. The summed E-state index contributed by atoms with van der Waals surface area (Å²) >= 11 is 6.55. The average molecular weight is 557 g/mol. The van der Waals surface area contributed by atoms with Crippen LogP contribution in [-0.4, -0.2) is 66.8 Å². The van der Waals surface area contributed by atoms with Crippen LogP contribution in [0.4, 0.5) is 10.2 Å². The topological polar surface area (TPSA) is 103 Å². The van der Waals surface area contributed by atoms with E-state index >= 15 is 4.39 Å². The Labute approximate surface area is 233 Å². The summed E-state index contributed by atoms with van der Waals surface area (Å²) in [6, 6.07) is 11.2. The molecule has 0 amide bonds. The SMILES string of the molecule is Cc1nccn1CCOc1nc(N2CC3=[N+]=C(C2)[C@H](O)C3)c2cnc(-c3cccc4cccc(Cl)c34)c(F)c2n1. The first-order chi connectivity index (χ1) is 19.5. The van der Waals surface area contributed by atoms with E-state index in [1.165, 1.54) is 0 Å². The molecule has 0 fully saturated rings. The molecule has 0 unspecified atom stereocenters. The summed E-state index contributed by atoms with van der Waals surface area (Å²) in [6.45, 7) is 3.54. The van der Waals surface area contributed by atoms with Crippen molar-refractivity contribution in [2.24, 2.45) is 0 Å². The number of aliphatic hydroxyl groups excluding tert-OH is 1. The van der Waals surface area contributed by atoms with Gasteiger partial charge in [0.15, 0.2) is 11.9 Å². The Morgan fingerprint density at radius 1 is 1.15 bits per heavy atom. The zero-order valence-corrected chi connectivity index (χ0v) is 22.3. The predicted molar refractivity (Wildman–Crippen MR) is 153 cm³/mol. The second kappa shape index (κ2) is 9.67. The molecule has 2 bridgehead atoms. The summed E-state index contributed by atoms with van der Waals surface area (Å²) < 4.78 is 28.8. The smallest absolute Gasteiger partial charge is 0.328 e. The lowest BCUT2D eigenvalue weighted by atomic mass is 10.0. The molecular weight excluding hydrogens is 533 g/mol. The van der Waals surface area contributed by atoms with Crippen molar-refractivity contribution < 1.29 is 14.2 Å². The molecule has 40 heavy (non-hydrogen) atoms. The Morgan fingerprint density at radius 3 is 2.80 bits per heavy atom. The van der Waals surface area contributed by atoms with Gasteiger partial charge in [-0.2, -0.15) is 9.97 Å². The van der Waals surface area contributed by atoms with Crippen LogP contribution in [0.15, 0.2) is 55.0 Å². The minimum Gasteiger partial charge on any atom is -0.461 e. The molecule has 7 rings (SSSR count). The molecule has 0 saturated carbocycles. The summed E-state index contributed by atoms with van der Waals surface area (Å²) in [5.74, 6) is 0.750. The number of hydrogen-bond acceptors (Lipinski definition) is 7. The van der Waals surface area contributed by atoms with E-state index in [9.17, 15) is 5.11 Å². The number of nitrogens with zero attached hydrogens (tertiary/aromatic N) is 7. The Morgan fingerprint density at radius 2 is 2.00 bits per heavy atom. The summed E-state index contributed by atoms with van der Waals surface area (Å²) in [7, 11) is 0. The molecule has 1 atom stereocenters. The van der Waals surface area contributed by atoms with Gasteiger partial charge in [-0.05, 0) is 18.4 Å². The number of rotatable bonds is 6. The number of aliphatic hydroxyl groups is 1. The van der Waals surface area contributed by atoms with Crippen molar-refractivity contribution in [1.82, 2.24) is 29.2 Å². The molecule has 2 aliphatic heterocycles. The molecule has 1 N–H and O–H groups in total. The lowest BCUT2D eigenvalue weighted by Gasteiger charge is -2.22. The van der Waals surface area contributed by atoms with Gasteiger partial charge in [-0.3, -0.25) is 4.98 Å². The molecule has 2 aliphatic rings.